The Kier molecular flexibility index (Phi) is 4.75. The molecular weight excluding hydrogens is 329 g/mol. The largest absolute Gasteiger partial charge is 0.480 e. The van der Waals surface area contributed by atoms with Gasteiger partial charge in [0, 0.05) is 24.7 Å². The monoisotopic (exact) mass is 343 g/mol. The normalized spacial score (nSPS) is 20.2. The lowest BCUT2D eigenvalue weighted by molar-refractivity contribution is -0.148. The number of likely N-dealkylation sites (tertiary alicyclic amines) is 1. The van der Waals surface area contributed by atoms with E-state index in [1.165, 1.54) is 17.0 Å². The van der Waals surface area contributed by atoms with Crippen LogP contribution in [0.3, 0.4) is 0 Å². The Labute approximate surface area is 124 Å². The highest BCUT2D eigenvalue weighted by molar-refractivity contribution is 9.09. The van der Waals surface area contributed by atoms with E-state index in [2.05, 4.69) is 15.9 Å². The van der Waals surface area contributed by atoms with E-state index >= 15 is 0 Å². The molecule has 1 aliphatic rings. The van der Waals surface area contributed by atoms with Crippen LogP contribution in [0.25, 0.3) is 0 Å². The molecule has 1 heterocycles. The summed E-state index contributed by atoms with van der Waals surface area (Å²) in [6.07, 6.45) is 0.564. The van der Waals surface area contributed by atoms with Crippen LogP contribution in [0.15, 0.2) is 24.3 Å². The second kappa shape index (κ2) is 6.35. The van der Waals surface area contributed by atoms with Crippen molar-refractivity contribution in [1.82, 2.24) is 4.90 Å². The first kappa shape index (κ1) is 15.0. The third kappa shape index (κ3) is 3.36. The number of halogens is 2. The first-order valence-electron chi connectivity index (χ1n) is 6.34. The van der Waals surface area contributed by atoms with Crippen molar-refractivity contribution in [3.8, 4) is 0 Å². The maximum absolute atomic E-state index is 12.9. The minimum Gasteiger partial charge on any atom is -0.480 e. The third-order valence-corrected chi connectivity index (χ3v) is 4.38. The van der Waals surface area contributed by atoms with Crippen molar-refractivity contribution in [3.05, 3.63) is 35.6 Å². The van der Waals surface area contributed by atoms with E-state index in [1.54, 1.807) is 12.1 Å². The first-order valence-corrected chi connectivity index (χ1v) is 7.46. The number of amides is 1. The van der Waals surface area contributed by atoms with Crippen LogP contribution < -0.4 is 0 Å². The quantitative estimate of drug-likeness (QED) is 0.832. The summed E-state index contributed by atoms with van der Waals surface area (Å²) in [5, 5.41) is 10.0. The highest BCUT2D eigenvalue weighted by atomic mass is 79.9. The zero-order valence-corrected chi connectivity index (χ0v) is 12.3. The molecule has 0 spiro atoms. The van der Waals surface area contributed by atoms with Crippen molar-refractivity contribution in [2.45, 2.75) is 18.9 Å². The van der Waals surface area contributed by atoms with Crippen LogP contribution in [-0.2, 0) is 16.0 Å². The number of benzene rings is 1. The van der Waals surface area contributed by atoms with E-state index in [9.17, 15) is 19.1 Å². The Morgan fingerprint density at radius 1 is 1.45 bits per heavy atom. The van der Waals surface area contributed by atoms with Gasteiger partial charge in [0.25, 0.3) is 0 Å². The lowest BCUT2D eigenvalue weighted by atomic mass is 10.0. The number of carboxylic acids is 1. The second-order valence-corrected chi connectivity index (χ2v) is 5.60. The van der Waals surface area contributed by atoms with Crippen molar-refractivity contribution in [3.63, 3.8) is 0 Å². The Balaban J connectivity index is 2.13. The average Bonchev–Trinajstić information content (AvgIpc) is 2.79. The predicted molar refractivity (Wildman–Crippen MR) is 75.1 cm³/mol. The molecular formula is C14H15BrFNO3. The summed E-state index contributed by atoms with van der Waals surface area (Å²) < 4.78 is 12.9. The Morgan fingerprint density at radius 3 is 2.60 bits per heavy atom. The van der Waals surface area contributed by atoms with Gasteiger partial charge in [-0.15, -0.1) is 0 Å². The number of alkyl halides is 1. The van der Waals surface area contributed by atoms with Gasteiger partial charge in [0.15, 0.2) is 0 Å². The van der Waals surface area contributed by atoms with Gasteiger partial charge < -0.3 is 10.0 Å². The van der Waals surface area contributed by atoms with E-state index < -0.39 is 12.0 Å². The fourth-order valence-electron chi connectivity index (χ4n) is 2.39. The minimum atomic E-state index is -1.03. The molecule has 4 nitrogen and oxygen atoms in total. The van der Waals surface area contributed by atoms with Crippen molar-refractivity contribution < 1.29 is 19.1 Å². The van der Waals surface area contributed by atoms with Crippen molar-refractivity contribution in [2.24, 2.45) is 5.92 Å². The molecule has 0 radical (unpaired) electrons. The topological polar surface area (TPSA) is 57.6 Å². The van der Waals surface area contributed by atoms with Crippen LogP contribution in [-0.4, -0.2) is 39.8 Å². The number of hydrogen-bond donors (Lipinski definition) is 1. The van der Waals surface area contributed by atoms with Gasteiger partial charge in [-0.1, -0.05) is 28.1 Å². The summed E-state index contributed by atoms with van der Waals surface area (Å²) in [5.41, 5.74) is 0.703. The van der Waals surface area contributed by atoms with Gasteiger partial charge in [-0.05, 0) is 23.6 Å². The minimum absolute atomic E-state index is 0.135. The number of carbonyl (C=O) groups excluding carboxylic acids is 1. The summed E-state index contributed by atoms with van der Waals surface area (Å²) in [6.45, 7) is 0.447. The zero-order chi connectivity index (χ0) is 14.7. The van der Waals surface area contributed by atoms with Crippen molar-refractivity contribution in [2.75, 3.05) is 11.9 Å². The number of rotatable bonds is 5. The van der Waals surface area contributed by atoms with Gasteiger partial charge in [-0.3, -0.25) is 4.79 Å². The molecule has 2 atom stereocenters. The molecule has 0 aliphatic carbocycles. The van der Waals surface area contributed by atoms with Gasteiger partial charge in [0.05, 0.1) is 0 Å². The third-order valence-electron chi connectivity index (χ3n) is 3.46. The molecule has 2 rings (SSSR count). The number of nitrogens with zero attached hydrogens (tertiary/aromatic N) is 1. The number of hydrogen-bond acceptors (Lipinski definition) is 2. The van der Waals surface area contributed by atoms with Crippen LogP contribution in [0.1, 0.15) is 12.0 Å². The van der Waals surface area contributed by atoms with E-state index in [0.717, 1.165) is 0 Å². The van der Waals surface area contributed by atoms with Gasteiger partial charge in [-0.25, -0.2) is 9.18 Å². The molecule has 1 aliphatic heterocycles. The van der Waals surface area contributed by atoms with Gasteiger partial charge in [0.2, 0.25) is 5.91 Å². The molecule has 20 heavy (non-hydrogen) atoms. The average molecular weight is 344 g/mol. The molecule has 0 saturated carbocycles. The molecule has 1 amide bonds. The maximum atomic E-state index is 12.9. The predicted octanol–water partition coefficient (Wildman–Crippen LogP) is 2.06. The lowest BCUT2D eigenvalue weighted by Crippen LogP contribution is -2.43. The van der Waals surface area contributed by atoms with E-state index in [4.69, 9.17) is 0 Å². The standard InChI is InChI=1S/C14H15BrFNO3/c15-7-10-6-13(18)17(8-10)12(14(19)20)5-9-1-3-11(16)4-2-9/h1-4,10,12H,5-8H2,(H,19,20)/t10?,12-/m0/s1. The fourth-order valence-corrected chi connectivity index (χ4v) is 2.82. The Hall–Kier alpha value is -1.43. The molecule has 1 N–H and O–H groups in total. The lowest BCUT2D eigenvalue weighted by Gasteiger charge is -2.24. The van der Waals surface area contributed by atoms with Crippen LogP contribution in [0.2, 0.25) is 0 Å². The van der Waals surface area contributed by atoms with E-state index in [1.807, 2.05) is 0 Å². The van der Waals surface area contributed by atoms with Crippen molar-refractivity contribution in [1.29, 1.82) is 0 Å². The van der Waals surface area contributed by atoms with Gasteiger partial charge in [0.1, 0.15) is 11.9 Å². The van der Waals surface area contributed by atoms with Gasteiger partial charge in [-0.2, -0.15) is 0 Å². The summed E-state index contributed by atoms with van der Waals surface area (Å²) in [5.74, 6) is -1.38. The van der Waals surface area contributed by atoms with Crippen LogP contribution in [0.4, 0.5) is 4.39 Å². The van der Waals surface area contributed by atoms with E-state index in [0.29, 0.717) is 23.9 Å². The van der Waals surface area contributed by atoms with Crippen LogP contribution in [0, 0.1) is 11.7 Å². The number of carbonyl (C=O) groups is 2. The Morgan fingerprint density at radius 2 is 2.10 bits per heavy atom. The number of carboxylic acid groups (broad SMARTS) is 1. The van der Waals surface area contributed by atoms with Crippen molar-refractivity contribution >= 4 is 27.8 Å². The second-order valence-electron chi connectivity index (χ2n) is 4.96. The molecule has 108 valence electrons. The molecule has 0 aromatic heterocycles. The zero-order valence-electron chi connectivity index (χ0n) is 10.8. The molecule has 1 aromatic rings. The SMILES string of the molecule is O=C(O)[C@H](Cc1ccc(F)cc1)N1CC(CBr)CC1=O. The fraction of sp³-hybridized carbons (Fsp3) is 0.429. The summed E-state index contributed by atoms with van der Waals surface area (Å²) in [4.78, 5) is 24.7. The van der Waals surface area contributed by atoms with Gasteiger partial charge >= 0.3 is 5.97 Å². The summed E-state index contributed by atoms with van der Waals surface area (Å²) >= 11 is 3.32. The van der Waals surface area contributed by atoms with E-state index in [-0.39, 0.29) is 24.1 Å². The number of aliphatic carboxylic acids is 1. The molecule has 1 aromatic carbocycles. The maximum Gasteiger partial charge on any atom is 0.326 e. The smallest absolute Gasteiger partial charge is 0.326 e. The highest BCUT2D eigenvalue weighted by Gasteiger charge is 2.37. The summed E-state index contributed by atoms with van der Waals surface area (Å²) in [6, 6.07) is 4.79. The summed E-state index contributed by atoms with van der Waals surface area (Å²) in [7, 11) is 0. The Bertz CT molecular complexity index is 506. The molecule has 0 bridgehead atoms. The molecule has 6 heteroatoms. The molecule has 1 fully saturated rings. The molecule has 1 saturated heterocycles. The highest BCUT2D eigenvalue weighted by Crippen LogP contribution is 2.23. The van der Waals surface area contributed by atoms with Crippen LogP contribution >= 0.6 is 15.9 Å². The van der Waals surface area contributed by atoms with Crippen LogP contribution in [0.5, 0.6) is 0 Å². The first-order chi connectivity index (χ1) is 9.51. The molecule has 1 unspecified atom stereocenters.